The topological polar surface area (TPSA) is 180 Å². The average Bonchev–Trinajstić information content (AvgIpc) is 3.23. The SMILES string of the molecule is COc1nc(N)nc2c1ncn2[C@@H]1C[C@]12OC(CO[P@@](=O)(N[C@@H](C)C(=O)OC(C)C)Oc1ccc3c(c1)OCO3)CC2C. The normalized spacial score (nSPS) is 26.0. The van der Waals surface area contributed by atoms with Crippen molar-refractivity contribution in [2.24, 2.45) is 5.92 Å². The van der Waals surface area contributed by atoms with E-state index in [4.69, 9.17) is 38.5 Å². The molecule has 0 radical (unpaired) electrons. The molecule has 15 nitrogen and oxygen atoms in total. The number of carbonyl (C=O) groups is 1. The van der Waals surface area contributed by atoms with E-state index in [0.29, 0.717) is 35.0 Å². The van der Waals surface area contributed by atoms with Crippen molar-refractivity contribution in [2.75, 3.05) is 26.2 Å². The van der Waals surface area contributed by atoms with Crippen LogP contribution < -0.4 is 29.6 Å². The van der Waals surface area contributed by atoms with Crippen LogP contribution in [0, 0.1) is 5.92 Å². The molecule has 2 fully saturated rings. The van der Waals surface area contributed by atoms with Crippen LogP contribution in [0.3, 0.4) is 0 Å². The van der Waals surface area contributed by atoms with Gasteiger partial charge in [0.1, 0.15) is 11.8 Å². The van der Waals surface area contributed by atoms with Gasteiger partial charge < -0.3 is 38.5 Å². The molecule has 6 rings (SSSR count). The zero-order valence-electron chi connectivity index (χ0n) is 24.5. The Kier molecular flexibility index (Phi) is 7.61. The van der Waals surface area contributed by atoms with Crippen LogP contribution in [0.25, 0.3) is 11.2 Å². The molecule has 1 aromatic carbocycles. The van der Waals surface area contributed by atoms with E-state index in [1.165, 1.54) is 14.0 Å². The summed E-state index contributed by atoms with van der Waals surface area (Å²) in [5, 5.41) is 2.71. The third-order valence-corrected chi connectivity index (χ3v) is 9.39. The molecule has 1 saturated carbocycles. The van der Waals surface area contributed by atoms with Gasteiger partial charge in [0, 0.05) is 12.5 Å². The van der Waals surface area contributed by atoms with Crippen molar-refractivity contribution in [2.45, 2.75) is 70.4 Å². The Balaban J connectivity index is 1.17. The lowest BCUT2D eigenvalue weighted by Crippen LogP contribution is -2.36. The van der Waals surface area contributed by atoms with E-state index in [1.54, 1.807) is 38.4 Å². The molecule has 1 saturated heterocycles. The largest absolute Gasteiger partial charge is 0.479 e. The van der Waals surface area contributed by atoms with E-state index < -0.39 is 31.5 Å². The molecule has 1 aliphatic carbocycles. The van der Waals surface area contributed by atoms with Crippen LogP contribution in [0.2, 0.25) is 0 Å². The lowest BCUT2D eigenvalue weighted by Gasteiger charge is -2.24. The van der Waals surface area contributed by atoms with Gasteiger partial charge in [-0.25, -0.2) is 9.55 Å². The fraction of sp³-hybridized carbons (Fsp3) is 0.556. The first-order chi connectivity index (χ1) is 20.5. The second kappa shape index (κ2) is 11.1. The molecule has 3 N–H and O–H groups in total. The number of benzene rings is 1. The van der Waals surface area contributed by atoms with Crippen molar-refractivity contribution >= 4 is 30.8 Å². The summed E-state index contributed by atoms with van der Waals surface area (Å²) in [7, 11) is -2.61. The van der Waals surface area contributed by atoms with Crippen molar-refractivity contribution in [1.82, 2.24) is 24.6 Å². The molecule has 43 heavy (non-hydrogen) atoms. The van der Waals surface area contributed by atoms with E-state index in [0.717, 1.165) is 6.42 Å². The first-order valence-electron chi connectivity index (χ1n) is 14.0. The third kappa shape index (κ3) is 5.69. The monoisotopic (exact) mass is 618 g/mol. The van der Waals surface area contributed by atoms with Crippen LogP contribution >= 0.6 is 7.75 Å². The Hall–Kier alpha value is -3.65. The van der Waals surface area contributed by atoms with Gasteiger partial charge in [0.15, 0.2) is 22.7 Å². The number of nitrogens with zero attached hydrogens (tertiary/aromatic N) is 4. The van der Waals surface area contributed by atoms with Crippen molar-refractivity contribution in [3.05, 3.63) is 24.5 Å². The lowest BCUT2D eigenvalue weighted by atomic mass is 9.99. The molecule has 2 aliphatic heterocycles. The third-order valence-electron chi connectivity index (χ3n) is 7.75. The van der Waals surface area contributed by atoms with E-state index in [1.807, 2.05) is 4.57 Å². The van der Waals surface area contributed by atoms with Crippen LogP contribution in [0.15, 0.2) is 24.5 Å². The van der Waals surface area contributed by atoms with Gasteiger partial charge in [-0.2, -0.15) is 15.1 Å². The van der Waals surface area contributed by atoms with Gasteiger partial charge in [0.25, 0.3) is 0 Å². The maximum Gasteiger partial charge on any atom is 0.459 e. The molecule has 2 aromatic heterocycles. The second-order valence-corrected chi connectivity index (χ2v) is 12.9. The fourth-order valence-corrected chi connectivity index (χ4v) is 7.16. The number of fused-ring (bicyclic) bond motifs is 2. The van der Waals surface area contributed by atoms with E-state index >= 15 is 0 Å². The van der Waals surface area contributed by atoms with Crippen LogP contribution in [-0.4, -0.2) is 69.8 Å². The average molecular weight is 619 g/mol. The van der Waals surface area contributed by atoms with Gasteiger partial charge in [-0.3, -0.25) is 9.32 Å². The summed E-state index contributed by atoms with van der Waals surface area (Å²) >= 11 is 0. The van der Waals surface area contributed by atoms with Gasteiger partial charge in [0.05, 0.1) is 43.9 Å². The highest BCUT2D eigenvalue weighted by atomic mass is 31.2. The zero-order valence-corrected chi connectivity index (χ0v) is 25.4. The number of esters is 1. The smallest absolute Gasteiger partial charge is 0.459 e. The van der Waals surface area contributed by atoms with Crippen molar-refractivity contribution in [3.63, 3.8) is 0 Å². The Morgan fingerprint density at radius 1 is 1.26 bits per heavy atom. The van der Waals surface area contributed by atoms with Crippen LogP contribution in [0.5, 0.6) is 23.1 Å². The summed E-state index contributed by atoms with van der Waals surface area (Å²) in [4.78, 5) is 25.5. The highest BCUT2D eigenvalue weighted by Crippen LogP contribution is 2.62. The Bertz CT molecular complexity index is 1580. The highest BCUT2D eigenvalue weighted by Gasteiger charge is 2.65. The van der Waals surface area contributed by atoms with E-state index in [-0.39, 0.29) is 43.2 Å². The van der Waals surface area contributed by atoms with Crippen molar-refractivity contribution < 1.29 is 42.1 Å². The second-order valence-electron chi connectivity index (χ2n) is 11.2. The zero-order chi connectivity index (χ0) is 30.5. The van der Waals surface area contributed by atoms with Crippen LogP contribution in [0.1, 0.15) is 46.6 Å². The number of hydrogen-bond acceptors (Lipinski definition) is 13. The summed E-state index contributed by atoms with van der Waals surface area (Å²) < 4.78 is 55.6. The minimum atomic E-state index is -4.11. The quantitative estimate of drug-likeness (QED) is 0.236. The molecule has 1 spiro atoms. The number of anilines is 1. The van der Waals surface area contributed by atoms with E-state index in [9.17, 15) is 9.36 Å². The summed E-state index contributed by atoms with van der Waals surface area (Å²) in [6.45, 7) is 7.12. The molecule has 3 aromatic rings. The number of nitrogens with one attached hydrogen (secondary N) is 1. The standard InChI is InChI=1S/C27H35N6O9P/c1-14(2)40-25(34)16(4)32-43(35,42-17-6-7-19-20(9-17)38-13-37-19)39-11-18-8-15(3)27(41-18)10-21(27)33-12-29-22-23(33)30-26(28)31-24(22)36-5/h6-7,9,12,14-16,18,21H,8,10-11,13H2,1-5H3,(H,32,35)(H2,28,30,31)/t15?,16-,18?,21+,27+,43-/m0/s1. The molecule has 232 valence electrons. The first kappa shape index (κ1) is 29.4. The Labute approximate surface area is 247 Å². The highest BCUT2D eigenvalue weighted by molar-refractivity contribution is 7.52. The molecule has 6 atom stereocenters. The molecule has 2 unspecified atom stereocenters. The van der Waals surface area contributed by atoms with Crippen LogP contribution in [0.4, 0.5) is 5.95 Å². The summed E-state index contributed by atoms with van der Waals surface area (Å²) in [6, 6.07) is 3.75. The number of hydrogen-bond donors (Lipinski definition) is 2. The predicted octanol–water partition coefficient (Wildman–Crippen LogP) is 3.39. The minimum absolute atomic E-state index is 0.0443. The molecule has 0 bridgehead atoms. The van der Waals surface area contributed by atoms with E-state index in [2.05, 4.69) is 27.0 Å². The van der Waals surface area contributed by atoms with Gasteiger partial charge in [-0.05, 0) is 45.2 Å². The number of imidazole rings is 1. The van der Waals surface area contributed by atoms with Gasteiger partial charge in [-0.15, -0.1) is 0 Å². The van der Waals surface area contributed by atoms with Crippen molar-refractivity contribution in [1.29, 1.82) is 0 Å². The number of aromatic nitrogens is 4. The molecule has 0 amide bonds. The molecule has 3 aliphatic rings. The number of rotatable bonds is 11. The van der Waals surface area contributed by atoms with Crippen LogP contribution in [-0.2, 0) is 23.4 Å². The molecular weight excluding hydrogens is 583 g/mol. The fourth-order valence-electron chi connectivity index (χ4n) is 5.65. The maximum absolute atomic E-state index is 14.0. The Morgan fingerprint density at radius 2 is 2.05 bits per heavy atom. The molecular formula is C27H35N6O9P. The van der Waals surface area contributed by atoms with Gasteiger partial charge >= 0.3 is 13.7 Å². The molecule has 4 heterocycles. The summed E-state index contributed by atoms with van der Waals surface area (Å²) in [5.74, 6) is 1.15. The number of ether oxygens (including phenoxy) is 5. The van der Waals surface area contributed by atoms with Gasteiger partial charge in [-0.1, -0.05) is 6.92 Å². The lowest BCUT2D eigenvalue weighted by molar-refractivity contribution is -0.149. The summed E-state index contributed by atoms with van der Waals surface area (Å²) in [5.41, 5.74) is 6.50. The minimum Gasteiger partial charge on any atom is -0.479 e. The number of nitrogen functional groups attached to an aromatic ring is 1. The number of nitrogens with two attached hydrogens (primary N) is 1. The number of methoxy groups -OCH3 is 1. The Morgan fingerprint density at radius 3 is 2.81 bits per heavy atom. The maximum atomic E-state index is 14.0. The van der Waals surface area contributed by atoms with Gasteiger partial charge in [0.2, 0.25) is 18.6 Å². The molecule has 16 heteroatoms. The predicted molar refractivity (Wildman–Crippen MR) is 152 cm³/mol. The number of carbonyl (C=O) groups excluding carboxylic acids is 1. The summed E-state index contributed by atoms with van der Waals surface area (Å²) in [6.07, 6.45) is 2.33. The van der Waals surface area contributed by atoms with Crippen molar-refractivity contribution in [3.8, 4) is 23.1 Å². The first-order valence-corrected chi connectivity index (χ1v) is 15.6.